The van der Waals surface area contributed by atoms with Gasteiger partial charge in [-0.3, -0.25) is 4.98 Å². The second kappa shape index (κ2) is 7.81. The molecule has 2 aromatic heterocycles. The summed E-state index contributed by atoms with van der Waals surface area (Å²) in [5.41, 5.74) is 6.47. The maximum Gasteiger partial charge on any atom is 0.0719 e. The van der Waals surface area contributed by atoms with Crippen molar-refractivity contribution in [3.8, 4) is 22.4 Å². The van der Waals surface area contributed by atoms with Crippen LogP contribution in [0.15, 0.2) is 85.1 Å². The van der Waals surface area contributed by atoms with Crippen molar-refractivity contribution >= 4 is 31.5 Å². The number of pyridine rings is 1. The SMILES string of the molecule is c1ccc(-c2ccc3sc4c(-c5cc(C6CC7CCC6CC7)ccn5)cccc4c3c2)cc1. The maximum absolute atomic E-state index is 4.86. The summed E-state index contributed by atoms with van der Waals surface area (Å²) in [6, 6.07) is 29.0. The van der Waals surface area contributed by atoms with Gasteiger partial charge in [-0.25, -0.2) is 0 Å². The molecule has 162 valence electrons. The monoisotopic (exact) mass is 445 g/mol. The first kappa shape index (κ1) is 19.5. The lowest BCUT2D eigenvalue weighted by Gasteiger charge is -2.42. The topological polar surface area (TPSA) is 12.9 Å². The van der Waals surface area contributed by atoms with Crippen molar-refractivity contribution in [2.75, 3.05) is 0 Å². The summed E-state index contributed by atoms with van der Waals surface area (Å²) in [5, 5.41) is 2.69. The lowest BCUT2D eigenvalue weighted by atomic mass is 9.63. The Morgan fingerprint density at radius 3 is 2.42 bits per heavy atom. The van der Waals surface area contributed by atoms with E-state index >= 15 is 0 Å². The molecule has 1 atom stereocenters. The molecule has 0 amide bonds. The number of benzene rings is 3. The zero-order chi connectivity index (χ0) is 21.8. The predicted molar refractivity (Wildman–Crippen MR) is 141 cm³/mol. The molecule has 0 radical (unpaired) electrons. The number of nitrogens with zero attached hydrogens (tertiary/aromatic N) is 1. The highest BCUT2D eigenvalue weighted by molar-refractivity contribution is 7.26. The average molecular weight is 446 g/mol. The molecule has 33 heavy (non-hydrogen) atoms. The van der Waals surface area contributed by atoms with Gasteiger partial charge in [0, 0.05) is 31.9 Å². The zero-order valence-electron chi connectivity index (χ0n) is 18.7. The molecular weight excluding hydrogens is 418 g/mol. The van der Waals surface area contributed by atoms with Crippen molar-refractivity contribution < 1.29 is 0 Å². The third kappa shape index (κ3) is 3.31. The Bertz CT molecular complexity index is 1460. The molecule has 8 rings (SSSR count). The van der Waals surface area contributed by atoms with Gasteiger partial charge in [0.2, 0.25) is 0 Å². The van der Waals surface area contributed by atoms with Crippen molar-refractivity contribution in [2.24, 2.45) is 11.8 Å². The van der Waals surface area contributed by atoms with Crippen LogP contribution >= 0.6 is 11.3 Å². The summed E-state index contributed by atoms with van der Waals surface area (Å²) in [6.45, 7) is 0. The molecule has 2 heterocycles. The minimum absolute atomic E-state index is 0.731. The van der Waals surface area contributed by atoms with Gasteiger partial charge in [-0.05, 0) is 78.0 Å². The lowest BCUT2D eigenvalue weighted by molar-refractivity contribution is 0.145. The normalized spacial score (nSPS) is 22.2. The van der Waals surface area contributed by atoms with Crippen LogP contribution in [0.5, 0.6) is 0 Å². The molecule has 3 aliphatic rings. The molecule has 3 saturated carbocycles. The second-order valence-electron chi connectivity index (χ2n) is 9.96. The minimum Gasteiger partial charge on any atom is -0.256 e. The Balaban J connectivity index is 1.33. The van der Waals surface area contributed by atoms with E-state index in [1.807, 2.05) is 17.5 Å². The van der Waals surface area contributed by atoms with E-state index in [0.29, 0.717) is 0 Å². The smallest absolute Gasteiger partial charge is 0.0719 e. The van der Waals surface area contributed by atoms with E-state index in [1.54, 1.807) is 0 Å². The Labute approximate surface area is 199 Å². The van der Waals surface area contributed by atoms with E-state index in [4.69, 9.17) is 4.98 Å². The van der Waals surface area contributed by atoms with Crippen LogP contribution < -0.4 is 0 Å². The molecule has 0 spiro atoms. The highest BCUT2D eigenvalue weighted by Gasteiger charge is 2.36. The number of thiophene rings is 1. The van der Waals surface area contributed by atoms with Gasteiger partial charge in [0.25, 0.3) is 0 Å². The molecule has 3 aromatic carbocycles. The van der Waals surface area contributed by atoms with Gasteiger partial charge in [0.1, 0.15) is 0 Å². The molecular formula is C31H27NS. The Hall–Kier alpha value is -2.97. The minimum atomic E-state index is 0.731. The summed E-state index contributed by atoms with van der Waals surface area (Å²) in [6.07, 6.45) is 9.16. The average Bonchev–Trinajstić information content (AvgIpc) is 3.28. The molecule has 3 aliphatic carbocycles. The van der Waals surface area contributed by atoms with E-state index in [1.165, 1.54) is 74.5 Å². The standard InChI is InChI=1S/C31H27NS/c1-2-5-21(6-3-1)23-13-14-30-28(18-23)25-7-4-8-26(31(25)33-30)29-19-24(15-16-32-29)27-17-20-9-11-22(27)12-10-20/h1-8,13-16,18-20,22,27H,9-12,17H2. The Morgan fingerprint density at radius 1 is 0.727 bits per heavy atom. The number of aromatic nitrogens is 1. The quantitative estimate of drug-likeness (QED) is 0.270. The van der Waals surface area contributed by atoms with E-state index in [2.05, 4.69) is 78.9 Å². The summed E-state index contributed by atoms with van der Waals surface area (Å²) in [5.74, 6) is 2.55. The van der Waals surface area contributed by atoms with Gasteiger partial charge in [0.15, 0.2) is 0 Å². The van der Waals surface area contributed by atoms with Crippen LogP contribution in [0.2, 0.25) is 0 Å². The molecule has 0 N–H and O–H groups in total. The first-order valence-corrected chi connectivity index (χ1v) is 13.1. The van der Waals surface area contributed by atoms with Crippen LogP contribution in [0.25, 0.3) is 42.6 Å². The fourth-order valence-electron chi connectivity index (χ4n) is 6.42. The van der Waals surface area contributed by atoms with Crippen LogP contribution in [0, 0.1) is 11.8 Å². The van der Waals surface area contributed by atoms with Crippen LogP contribution in [0.1, 0.15) is 43.6 Å². The Morgan fingerprint density at radius 2 is 1.61 bits per heavy atom. The summed E-state index contributed by atoms with van der Waals surface area (Å²) >= 11 is 1.90. The fraction of sp³-hybridized carbons (Fsp3) is 0.258. The summed E-state index contributed by atoms with van der Waals surface area (Å²) in [7, 11) is 0. The van der Waals surface area contributed by atoms with E-state index in [9.17, 15) is 0 Å². The van der Waals surface area contributed by atoms with Gasteiger partial charge >= 0.3 is 0 Å². The van der Waals surface area contributed by atoms with Crippen LogP contribution in [-0.4, -0.2) is 4.98 Å². The zero-order valence-corrected chi connectivity index (χ0v) is 19.5. The number of hydrogen-bond acceptors (Lipinski definition) is 2. The van der Waals surface area contributed by atoms with E-state index in [-0.39, 0.29) is 0 Å². The number of rotatable bonds is 3. The summed E-state index contributed by atoms with van der Waals surface area (Å²) < 4.78 is 2.70. The first-order chi connectivity index (χ1) is 16.3. The second-order valence-corrected chi connectivity index (χ2v) is 11.0. The van der Waals surface area contributed by atoms with Crippen molar-refractivity contribution in [3.63, 3.8) is 0 Å². The van der Waals surface area contributed by atoms with Crippen molar-refractivity contribution in [3.05, 3.63) is 90.6 Å². The highest BCUT2D eigenvalue weighted by atomic mass is 32.1. The largest absolute Gasteiger partial charge is 0.256 e. The van der Waals surface area contributed by atoms with Crippen LogP contribution in [0.4, 0.5) is 0 Å². The van der Waals surface area contributed by atoms with Gasteiger partial charge in [-0.1, -0.05) is 67.4 Å². The highest BCUT2D eigenvalue weighted by Crippen LogP contribution is 2.50. The number of fused-ring (bicyclic) bond motifs is 6. The van der Waals surface area contributed by atoms with Crippen molar-refractivity contribution in [1.29, 1.82) is 0 Å². The van der Waals surface area contributed by atoms with E-state index in [0.717, 1.165) is 23.4 Å². The maximum atomic E-state index is 4.86. The Kier molecular flexibility index (Phi) is 4.62. The van der Waals surface area contributed by atoms with Gasteiger partial charge in [0.05, 0.1) is 5.69 Å². The molecule has 2 heteroatoms. The fourth-order valence-corrected chi connectivity index (χ4v) is 7.63. The lowest BCUT2D eigenvalue weighted by Crippen LogP contribution is -2.29. The molecule has 2 bridgehead atoms. The van der Waals surface area contributed by atoms with Crippen LogP contribution in [-0.2, 0) is 0 Å². The van der Waals surface area contributed by atoms with E-state index < -0.39 is 0 Å². The van der Waals surface area contributed by atoms with Gasteiger partial charge in [-0.2, -0.15) is 0 Å². The van der Waals surface area contributed by atoms with Gasteiger partial charge < -0.3 is 0 Å². The third-order valence-electron chi connectivity index (χ3n) is 8.14. The molecule has 1 nitrogen and oxygen atoms in total. The molecule has 3 fully saturated rings. The van der Waals surface area contributed by atoms with Gasteiger partial charge in [-0.15, -0.1) is 11.3 Å². The molecule has 5 aromatic rings. The molecule has 1 unspecified atom stereocenters. The van der Waals surface area contributed by atoms with Crippen molar-refractivity contribution in [1.82, 2.24) is 4.98 Å². The summed E-state index contributed by atoms with van der Waals surface area (Å²) in [4.78, 5) is 4.86. The molecule has 0 saturated heterocycles. The molecule has 0 aliphatic heterocycles. The first-order valence-electron chi connectivity index (χ1n) is 12.3. The number of hydrogen-bond donors (Lipinski definition) is 0. The third-order valence-corrected chi connectivity index (χ3v) is 9.36. The van der Waals surface area contributed by atoms with Crippen molar-refractivity contribution in [2.45, 2.75) is 38.0 Å². The van der Waals surface area contributed by atoms with Crippen LogP contribution in [0.3, 0.4) is 0 Å². The predicted octanol–water partition coefficient (Wildman–Crippen LogP) is 9.08.